The van der Waals surface area contributed by atoms with Crippen molar-refractivity contribution in [3.8, 4) is 5.75 Å². The lowest BCUT2D eigenvalue weighted by Gasteiger charge is -2.27. The molecule has 0 aliphatic heterocycles. The Balaban J connectivity index is 1.93. The van der Waals surface area contributed by atoms with Crippen LogP contribution in [-0.2, 0) is 9.59 Å². The van der Waals surface area contributed by atoms with Crippen molar-refractivity contribution in [2.75, 3.05) is 7.11 Å². The van der Waals surface area contributed by atoms with Crippen LogP contribution < -0.4 is 10.1 Å². The maximum absolute atomic E-state index is 12.4. The predicted molar refractivity (Wildman–Crippen MR) is 82.6 cm³/mol. The molecule has 1 aromatic carbocycles. The first-order chi connectivity index (χ1) is 10.5. The molecule has 0 spiro atoms. The average Bonchev–Trinajstić information content (AvgIpc) is 2.54. The molecule has 5 nitrogen and oxygen atoms in total. The van der Waals surface area contributed by atoms with Crippen LogP contribution in [0.25, 0.3) is 0 Å². The van der Waals surface area contributed by atoms with E-state index in [1.165, 1.54) is 0 Å². The fourth-order valence-corrected chi connectivity index (χ4v) is 3.04. The Kier molecular flexibility index (Phi) is 5.41. The topological polar surface area (TPSA) is 75.6 Å². The second-order valence-electron chi connectivity index (χ2n) is 5.86. The summed E-state index contributed by atoms with van der Waals surface area (Å²) >= 11 is 0. The van der Waals surface area contributed by atoms with E-state index in [0.717, 1.165) is 11.3 Å². The van der Waals surface area contributed by atoms with Gasteiger partial charge in [0.15, 0.2) is 0 Å². The molecule has 1 saturated carbocycles. The van der Waals surface area contributed by atoms with Gasteiger partial charge in [0, 0.05) is 11.5 Å². The molecule has 0 bridgehead atoms. The van der Waals surface area contributed by atoms with E-state index in [0.29, 0.717) is 25.7 Å². The van der Waals surface area contributed by atoms with Crippen molar-refractivity contribution in [1.29, 1.82) is 0 Å². The minimum atomic E-state index is -0.749. The van der Waals surface area contributed by atoms with Crippen LogP contribution in [0.5, 0.6) is 5.75 Å². The Labute approximate surface area is 130 Å². The van der Waals surface area contributed by atoms with Gasteiger partial charge in [-0.3, -0.25) is 9.59 Å². The zero-order valence-corrected chi connectivity index (χ0v) is 13.0. The highest BCUT2D eigenvalue weighted by Crippen LogP contribution is 2.30. The van der Waals surface area contributed by atoms with Crippen molar-refractivity contribution in [2.45, 2.75) is 38.6 Å². The quantitative estimate of drug-likeness (QED) is 0.877. The Morgan fingerprint density at radius 1 is 1.18 bits per heavy atom. The molecule has 1 aliphatic carbocycles. The highest BCUT2D eigenvalue weighted by molar-refractivity contribution is 5.79. The third-order valence-corrected chi connectivity index (χ3v) is 4.41. The second kappa shape index (κ2) is 7.29. The first-order valence-electron chi connectivity index (χ1n) is 7.69. The van der Waals surface area contributed by atoms with Crippen molar-refractivity contribution < 1.29 is 19.4 Å². The second-order valence-corrected chi connectivity index (χ2v) is 5.86. The van der Waals surface area contributed by atoms with Crippen LogP contribution in [0.4, 0.5) is 0 Å². The summed E-state index contributed by atoms with van der Waals surface area (Å²) in [4.78, 5) is 23.3. The molecule has 1 aliphatic rings. The molecular weight excluding hydrogens is 282 g/mol. The average molecular weight is 305 g/mol. The van der Waals surface area contributed by atoms with Crippen LogP contribution in [0.2, 0.25) is 0 Å². The largest absolute Gasteiger partial charge is 0.496 e. The number of benzene rings is 1. The molecule has 0 saturated heterocycles. The van der Waals surface area contributed by atoms with E-state index in [9.17, 15) is 9.59 Å². The lowest BCUT2D eigenvalue weighted by Crippen LogP contribution is -2.35. The zero-order valence-electron chi connectivity index (χ0n) is 13.0. The number of carboxylic acid groups (broad SMARTS) is 1. The van der Waals surface area contributed by atoms with Crippen molar-refractivity contribution >= 4 is 11.9 Å². The number of nitrogens with one attached hydrogen (secondary N) is 1. The normalized spacial score (nSPS) is 22.6. The van der Waals surface area contributed by atoms with Crippen LogP contribution >= 0.6 is 0 Å². The van der Waals surface area contributed by atoms with Crippen LogP contribution in [0, 0.1) is 11.8 Å². The van der Waals surface area contributed by atoms with E-state index in [1.807, 2.05) is 31.2 Å². The van der Waals surface area contributed by atoms with Crippen molar-refractivity contribution in [3.63, 3.8) is 0 Å². The minimum absolute atomic E-state index is 0.00208. The molecule has 1 unspecified atom stereocenters. The van der Waals surface area contributed by atoms with Gasteiger partial charge in [0.2, 0.25) is 5.91 Å². The Bertz CT molecular complexity index is 535. The van der Waals surface area contributed by atoms with E-state index < -0.39 is 5.97 Å². The number of hydrogen-bond donors (Lipinski definition) is 2. The third kappa shape index (κ3) is 3.78. The number of methoxy groups -OCH3 is 1. The highest BCUT2D eigenvalue weighted by atomic mass is 16.5. The SMILES string of the molecule is COc1ccccc1C(C)NC(=O)C1CCC(C(=O)O)CC1. The summed E-state index contributed by atoms with van der Waals surface area (Å²) in [7, 11) is 1.61. The monoisotopic (exact) mass is 305 g/mol. The molecule has 1 amide bonds. The van der Waals surface area contributed by atoms with Gasteiger partial charge in [0.05, 0.1) is 19.1 Å². The zero-order chi connectivity index (χ0) is 16.1. The van der Waals surface area contributed by atoms with E-state index in [4.69, 9.17) is 9.84 Å². The Morgan fingerprint density at radius 3 is 2.36 bits per heavy atom. The minimum Gasteiger partial charge on any atom is -0.496 e. The number of aliphatic carboxylic acids is 1. The van der Waals surface area contributed by atoms with Crippen molar-refractivity contribution in [3.05, 3.63) is 29.8 Å². The van der Waals surface area contributed by atoms with E-state index >= 15 is 0 Å². The van der Waals surface area contributed by atoms with Crippen LogP contribution in [-0.4, -0.2) is 24.1 Å². The number of carbonyl (C=O) groups is 2. The number of carboxylic acids is 1. The van der Waals surface area contributed by atoms with E-state index in [2.05, 4.69) is 5.32 Å². The van der Waals surface area contributed by atoms with Crippen LogP contribution in [0.1, 0.15) is 44.2 Å². The molecule has 1 aromatic rings. The van der Waals surface area contributed by atoms with Gasteiger partial charge in [-0.15, -0.1) is 0 Å². The number of ether oxygens (including phenoxy) is 1. The van der Waals surface area contributed by atoms with Gasteiger partial charge in [0.25, 0.3) is 0 Å². The standard InChI is InChI=1S/C17H23NO4/c1-11(14-5-3-4-6-15(14)22-2)18-16(19)12-7-9-13(10-8-12)17(20)21/h3-6,11-13H,7-10H2,1-2H3,(H,18,19)(H,20,21). The van der Waals surface area contributed by atoms with Gasteiger partial charge in [-0.25, -0.2) is 0 Å². The fraction of sp³-hybridized carbons (Fsp3) is 0.529. The van der Waals surface area contributed by atoms with Gasteiger partial charge in [-0.05, 0) is 38.7 Å². The number of amides is 1. The van der Waals surface area contributed by atoms with E-state index in [-0.39, 0.29) is 23.8 Å². The molecule has 120 valence electrons. The fourth-order valence-electron chi connectivity index (χ4n) is 3.04. The van der Waals surface area contributed by atoms with Crippen molar-refractivity contribution in [1.82, 2.24) is 5.32 Å². The Morgan fingerprint density at radius 2 is 1.77 bits per heavy atom. The van der Waals surface area contributed by atoms with Gasteiger partial charge >= 0.3 is 5.97 Å². The predicted octanol–water partition coefficient (Wildman–Crippen LogP) is 2.76. The van der Waals surface area contributed by atoms with Crippen LogP contribution in [0.3, 0.4) is 0 Å². The number of para-hydroxylation sites is 1. The number of hydrogen-bond acceptors (Lipinski definition) is 3. The summed E-state index contributed by atoms with van der Waals surface area (Å²) in [6.45, 7) is 1.93. The number of carbonyl (C=O) groups excluding carboxylic acids is 1. The summed E-state index contributed by atoms with van der Waals surface area (Å²) in [5.41, 5.74) is 0.942. The van der Waals surface area contributed by atoms with Gasteiger partial charge in [-0.2, -0.15) is 0 Å². The summed E-state index contributed by atoms with van der Waals surface area (Å²) in [6.07, 6.45) is 2.44. The molecule has 0 aromatic heterocycles. The smallest absolute Gasteiger partial charge is 0.306 e. The lowest BCUT2D eigenvalue weighted by atomic mass is 9.81. The molecule has 1 atom stereocenters. The molecule has 2 N–H and O–H groups in total. The molecule has 0 heterocycles. The molecular formula is C17H23NO4. The summed E-state index contributed by atoms with van der Waals surface area (Å²) in [5, 5.41) is 12.0. The van der Waals surface area contributed by atoms with Crippen molar-refractivity contribution in [2.24, 2.45) is 11.8 Å². The molecule has 2 rings (SSSR count). The Hall–Kier alpha value is -2.04. The molecule has 5 heteroatoms. The lowest BCUT2D eigenvalue weighted by molar-refractivity contribution is -0.144. The van der Waals surface area contributed by atoms with Gasteiger partial charge in [-0.1, -0.05) is 18.2 Å². The maximum atomic E-state index is 12.4. The molecule has 0 radical (unpaired) electrons. The molecule has 1 fully saturated rings. The summed E-state index contributed by atoms with van der Waals surface area (Å²) in [6, 6.07) is 7.48. The van der Waals surface area contributed by atoms with E-state index in [1.54, 1.807) is 7.11 Å². The summed E-state index contributed by atoms with van der Waals surface area (Å²) < 4.78 is 5.32. The van der Waals surface area contributed by atoms with Gasteiger partial charge in [0.1, 0.15) is 5.75 Å². The summed E-state index contributed by atoms with van der Waals surface area (Å²) in [5.74, 6) is -0.378. The first-order valence-corrected chi connectivity index (χ1v) is 7.69. The number of rotatable bonds is 5. The first kappa shape index (κ1) is 16.3. The van der Waals surface area contributed by atoms with Gasteiger partial charge < -0.3 is 15.2 Å². The molecule has 22 heavy (non-hydrogen) atoms. The maximum Gasteiger partial charge on any atom is 0.306 e. The van der Waals surface area contributed by atoms with Crippen LogP contribution in [0.15, 0.2) is 24.3 Å². The third-order valence-electron chi connectivity index (χ3n) is 4.41. The highest BCUT2D eigenvalue weighted by Gasteiger charge is 2.30.